The number of nitrogens with one attached hydrogen (secondary N) is 1. The maximum atomic E-state index is 8.70. The first-order chi connectivity index (χ1) is 10.8. The average Bonchev–Trinajstić information content (AvgIpc) is 3.00. The van der Waals surface area contributed by atoms with Crippen molar-refractivity contribution in [1.82, 2.24) is 4.98 Å². The summed E-state index contributed by atoms with van der Waals surface area (Å²) in [6.07, 6.45) is 1.36. The van der Waals surface area contributed by atoms with Gasteiger partial charge in [-0.1, -0.05) is 18.2 Å². The summed E-state index contributed by atoms with van der Waals surface area (Å²) >= 11 is 0. The summed E-state index contributed by atoms with van der Waals surface area (Å²) in [5.74, 6) is 0.554. The second kappa shape index (κ2) is 5.82. The zero-order valence-corrected chi connectivity index (χ0v) is 11.4. The molecule has 1 aromatic heterocycles. The Kier molecular flexibility index (Phi) is 3.55. The molecule has 3 rings (SSSR count). The molecule has 1 heterocycles. The van der Waals surface area contributed by atoms with Crippen molar-refractivity contribution in [3.63, 3.8) is 0 Å². The second-order valence-corrected chi connectivity index (χ2v) is 4.49. The van der Waals surface area contributed by atoms with Crippen LogP contribution in [0, 0.1) is 22.7 Å². The topological polar surface area (TPSA) is 85.6 Å². The zero-order chi connectivity index (χ0) is 15.4. The monoisotopic (exact) mass is 286 g/mol. The van der Waals surface area contributed by atoms with E-state index in [-0.39, 0.29) is 5.57 Å². The number of anilines is 1. The van der Waals surface area contributed by atoms with Crippen LogP contribution in [0.4, 0.5) is 5.69 Å². The third-order valence-corrected chi connectivity index (χ3v) is 3.03. The van der Waals surface area contributed by atoms with Gasteiger partial charge in [0.1, 0.15) is 23.2 Å². The Labute approximate surface area is 126 Å². The highest BCUT2D eigenvalue weighted by Crippen LogP contribution is 2.26. The van der Waals surface area contributed by atoms with E-state index in [4.69, 9.17) is 14.9 Å². The minimum absolute atomic E-state index is 0.00245. The van der Waals surface area contributed by atoms with E-state index >= 15 is 0 Å². The number of fused-ring (bicyclic) bond motifs is 1. The fourth-order valence-electron chi connectivity index (χ4n) is 1.96. The molecule has 0 unspecified atom stereocenters. The summed E-state index contributed by atoms with van der Waals surface area (Å²) in [6.45, 7) is 0. The number of nitrogens with zero attached hydrogens (tertiary/aromatic N) is 3. The summed E-state index contributed by atoms with van der Waals surface area (Å²) in [4.78, 5) is 4.44. The second-order valence-electron chi connectivity index (χ2n) is 4.49. The fraction of sp³-hybridized carbons (Fsp3) is 0. The van der Waals surface area contributed by atoms with Gasteiger partial charge in [0.2, 0.25) is 5.89 Å². The zero-order valence-electron chi connectivity index (χ0n) is 11.4. The van der Waals surface area contributed by atoms with Crippen LogP contribution in [0.5, 0.6) is 0 Å². The molecule has 2 aromatic carbocycles. The molecule has 22 heavy (non-hydrogen) atoms. The lowest BCUT2D eigenvalue weighted by molar-refractivity contribution is 0.620. The molecular weight excluding hydrogens is 276 g/mol. The van der Waals surface area contributed by atoms with Crippen molar-refractivity contribution < 1.29 is 4.42 Å². The number of hydrogen-bond acceptors (Lipinski definition) is 5. The number of benzene rings is 2. The van der Waals surface area contributed by atoms with Gasteiger partial charge in [0.15, 0.2) is 5.58 Å². The van der Waals surface area contributed by atoms with E-state index in [2.05, 4.69) is 10.3 Å². The standard InChI is InChI=1S/C17H10N4O/c18-9-12(10-19)11-20-14-6-7-15-16(8-14)22-17(21-15)13-4-2-1-3-5-13/h1-8,11,20H. The molecular formula is C17H10N4O. The van der Waals surface area contributed by atoms with Gasteiger partial charge in [0.25, 0.3) is 0 Å². The third kappa shape index (κ3) is 2.65. The largest absolute Gasteiger partial charge is 0.436 e. The Morgan fingerprint density at radius 3 is 2.59 bits per heavy atom. The third-order valence-electron chi connectivity index (χ3n) is 3.03. The van der Waals surface area contributed by atoms with Crippen LogP contribution in [0.25, 0.3) is 22.6 Å². The number of allylic oxidation sites excluding steroid dienone is 1. The van der Waals surface area contributed by atoms with Gasteiger partial charge in [-0.15, -0.1) is 0 Å². The van der Waals surface area contributed by atoms with Crippen LogP contribution in [0.1, 0.15) is 0 Å². The number of nitriles is 2. The summed E-state index contributed by atoms with van der Waals surface area (Å²) in [5.41, 5.74) is 3.00. The van der Waals surface area contributed by atoms with Gasteiger partial charge >= 0.3 is 0 Å². The van der Waals surface area contributed by atoms with Gasteiger partial charge in [-0.2, -0.15) is 10.5 Å². The van der Waals surface area contributed by atoms with Crippen molar-refractivity contribution in [3.8, 4) is 23.6 Å². The summed E-state index contributed by atoms with van der Waals surface area (Å²) in [6, 6.07) is 18.6. The molecule has 0 aliphatic heterocycles. The van der Waals surface area contributed by atoms with E-state index in [9.17, 15) is 0 Å². The molecule has 5 nitrogen and oxygen atoms in total. The van der Waals surface area contributed by atoms with E-state index in [0.717, 1.165) is 11.1 Å². The lowest BCUT2D eigenvalue weighted by Crippen LogP contribution is -1.89. The maximum Gasteiger partial charge on any atom is 0.227 e. The summed E-state index contributed by atoms with van der Waals surface area (Å²) in [5, 5.41) is 20.3. The smallest absolute Gasteiger partial charge is 0.227 e. The summed E-state index contributed by atoms with van der Waals surface area (Å²) in [7, 11) is 0. The van der Waals surface area contributed by atoms with Gasteiger partial charge in [0.05, 0.1) is 0 Å². The van der Waals surface area contributed by atoms with Crippen molar-refractivity contribution in [2.45, 2.75) is 0 Å². The van der Waals surface area contributed by atoms with Crippen molar-refractivity contribution in [2.24, 2.45) is 0 Å². The van der Waals surface area contributed by atoms with Crippen LogP contribution in [0.2, 0.25) is 0 Å². The van der Waals surface area contributed by atoms with Crippen molar-refractivity contribution in [3.05, 3.63) is 60.3 Å². The van der Waals surface area contributed by atoms with Gasteiger partial charge in [-0.3, -0.25) is 0 Å². The molecule has 3 aromatic rings. The first-order valence-electron chi connectivity index (χ1n) is 6.53. The quantitative estimate of drug-likeness (QED) is 0.739. The Morgan fingerprint density at radius 2 is 1.86 bits per heavy atom. The van der Waals surface area contributed by atoms with Crippen LogP contribution >= 0.6 is 0 Å². The predicted molar refractivity (Wildman–Crippen MR) is 82.4 cm³/mol. The molecule has 0 saturated carbocycles. The molecule has 0 aliphatic carbocycles. The fourth-order valence-corrected chi connectivity index (χ4v) is 1.96. The molecule has 0 radical (unpaired) electrons. The van der Waals surface area contributed by atoms with Crippen LogP contribution in [0.15, 0.2) is 64.7 Å². The van der Waals surface area contributed by atoms with Crippen LogP contribution in [0.3, 0.4) is 0 Å². The van der Waals surface area contributed by atoms with Gasteiger partial charge < -0.3 is 9.73 Å². The van der Waals surface area contributed by atoms with E-state index in [1.165, 1.54) is 6.20 Å². The van der Waals surface area contributed by atoms with Crippen molar-refractivity contribution in [1.29, 1.82) is 10.5 Å². The van der Waals surface area contributed by atoms with Crippen LogP contribution < -0.4 is 5.32 Å². The first kappa shape index (κ1) is 13.4. The van der Waals surface area contributed by atoms with Crippen molar-refractivity contribution in [2.75, 3.05) is 5.32 Å². The average molecular weight is 286 g/mol. The number of rotatable bonds is 3. The highest BCUT2D eigenvalue weighted by molar-refractivity contribution is 5.80. The molecule has 0 bridgehead atoms. The van der Waals surface area contributed by atoms with Crippen LogP contribution in [-0.2, 0) is 0 Å². The number of aromatic nitrogens is 1. The van der Waals surface area contributed by atoms with E-state index in [1.807, 2.05) is 42.5 Å². The molecule has 0 fully saturated rings. The Bertz CT molecular complexity index is 911. The minimum Gasteiger partial charge on any atom is -0.436 e. The minimum atomic E-state index is 0.00245. The Morgan fingerprint density at radius 1 is 1.09 bits per heavy atom. The predicted octanol–water partition coefficient (Wildman–Crippen LogP) is 3.84. The van der Waals surface area contributed by atoms with Gasteiger partial charge in [-0.05, 0) is 24.3 Å². The van der Waals surface area contributed by atoms with E-state index in [0.29, 0.717) is 17.2 Å². The lowest BCUT2D eigenvalue weighted by atomic mass is 10.2. The Hall–Kier alpha value is -3.57. The first-order valence-corrected chi connectivity index (χ1v) is 6.53. The molecule has 0 aliphatic rings. The molecule has 0 saturated heterocycles. The van der Waals surface area contributed by atoms with E-state index < -0.39 is 0 Å². The SMILES string of the molecule is N#CC(C#N)=CNc1ccc2nc(-c3ccccc3)oc2c1. The van der Waals surface area contributed by atoms with E-state index in [1.54, 1.807) is 18.2 Å². The number of hydrogen-bond donors (Lipinski definition) is 1. The van der Waals surface area contributed by atoms with Gasteiger partial charge in [0, 0.05) is 23.5 Å². The highest BCUT2D eigenvalue weighted by atomic mass is 16.3. The molecule has 0 atom stereocenters. The summed E-state index contributed by atoms with van der Waals surface area (Å²) < 4.78 is 5.75. The normalized spacial score (nSPS) is 9.73. The maximum absolute atomic E-state index is 8.70. The molecule has 5 heteroatoms. The molecule has 0 spiro atoms. The molecule has 104 valence electrons. The highest BCUT2D eigenvalue weighted by Gasteiger charge is 2.08. The van der Waals surface area contributed by atoms with Gasteiger partial charge in [-0.25, -0.2) is 4.98 Å². The Balaban J connectivity index is 1.93. The number of oxazole rings is 1. The molecule has 0 amide bonds. The van der Waals surface area contributed by atoms with Crippen molar-refractivity contribution >= 4 is 16.8 Å². The lowest BCUT2D eigenvalue weighted by Gasteiger charge is -1.98. The molecule has 1 N–H and O–H groups in total. The van der Waals surface area contributed by atoms with Crippen LogP contribution in [-0.4, -0.2) is 4.98 Å².